The molecule has 0 saturated heterocycles. The van der Waals surface area contributed by atoms with Crippen LogP contribution in [0, 0.1) is 0 Å². The largest absolute Gasteiger partial charge is 0.496 e. The van der Waals surface area contributed by atoms with Crippen LogP contribution in [0.5, 0.6) is 5.75 Å². The van der Waals surface area contributed by atoms with Crippen molar-refractivity contribution >= 4 is 11.6 Å². The van der Waals surface area contributed by atoms with Crippen LogP contribution in [0.15, 0.2) is 18.2 Å². The molecule has 1 aromatic rings. The molecule has 108 valence electrons. The number of hydrogen-bond acceptors (Lipinski definition) is 3. The molecule has 0 heterocycles. The van der Waals surface area contributed by atoms with E-state index in [9.17, 15) is 0 Å². The molecule has 1 rings (SSSR count). The smallest absolute Gasteiger partial charge is 0.122 e. The van der Waals surface area contributed by atoms with E-state index in [1.165, 1.54) is 25.7 Å². The third-order valence-corrected chi connectivity index (χ3v) is 3.59. The molecule has 0 bridgehead atoms. The van der Waals surface area contributed by atoms with Crippen LogP contribution >= 0.6 is 11.6 Å². The number of nitrogens with one attached hydrogen (secondary N) is 1. The molecule has 0 amide bonds. The third-order valence-electron chi connectivity index (χ3n) is 3.35. The fourth-order valence-corrected chi connectivity index (χ4v) is 2.43. The van der Waals surface area contributed by atoms with E-state index in [-0.39, 0.29) is 6.04 Å². The minimum atomic E-state index is 0.268. The molecule has 1 aromatic carbocycles. The first-order valence-corrected chi connectivity index (χ1v) is 7.37. The van der Waals surface area contributed by atoms with E-state index >= 15 is 0 Å². The first kappa shape index (κ1) is 16.3. The van der Waals surface area contributed by atoms with Gasteiger partial charge >= 0.3 is 0 Å². The average molecular weight is 285 g/mol. The summed E-state index contributed by atoms with van der Waals surface area (Å²) in [6, 6.07) is 5.97. The topological polar surface area (TPSA) is 47.3 Å². The van der Waals surface area contributed by atoms with E-state index in [2.05, 4.69) is 12.3 Å². The molecule has 0 aliphatic rings. The minimum absolute atomic E-state index is 0.268. The standard InChI is InChI=1S/C15H25ClN2O/c1-3-4-5-6-7-14(18-17)11-12-10-13(16)8-9-15(12)19-2/h8-10,14,18H,3-7,11,17H2,1-2H3. The molecule has 4 heteroatoms. The summed E-state index contributed by atoms with van der Waals surface area (Å²) >= 11 is 6.04. The number of rotatable bonds is 9. The second kappa shape index (κ2) is 9.18. The molecule has 0 radical (unpaired) electrons. The highest BCUT2D eigenvalue weighted by Crippen LogP contribution is 2.24. The molecule has 0 aliphatic carbocycles. The van der Waals surface area contributed by atoms with Crippen molar-refractivity contribution < 1.29 is 4.74 Å². The average Bonchev–Trinajstić information content (AvgIpc) is 2.42. The molecule has 19 heavy (non-hydrogen) atoms. The SMILES string of the molecule is CCCCCCC(Cc1cc(Cl)ccc1OC)NN. The number of methoxy groups -OCH3 is 1. The van der Waals surface area contributed by atoms with Crippen LogP contribution in [0.1, 0.15) is 44.6 Å². The summed E-state index contributed by atoms with van der Waals surface area (Å²) in [4.78, 5) is 0. The van der Waals surface area contributed by atoms with Crippen molar-refractivity contribution in [3.63, 3.8) is 0 Å². The van der Waals surface area contributed by atoms with Crippen LogP contribution in [-0.4, -0.2) is 13.2 Å². The number of halogens is 1. The molecular weight excluding hydrogens is 260 g/mol. The van der Waals surface area contributed by atoms with Gasteiger partial charge in [-0.25, -0.2) is 0 Å². The summed E-state index contributed by atoms with van der Waals surface area (Å²) < 4.78 is 5.36. The lowest BCUT2D eigenvalue weighted by atomic mass is 10.00. The molecule has 0 aliphatic heterocycles. The maximum absolute atomic E-state index is 6.04. The van der Waals surface area contributed by atoms with Gasteiger partial charge in [-0.05, 0) is 36.6 Å². The van der Waals surface area contributed by atoms with Crippen molar-refractivity contribution in [1.82, 2.24) is 5.43 Å². The Morgan fingerprint density at radius 1 is 1.32 bits per heavy atom. The summed E-state index contributed by atoms with van der Waals surface area (Å²) in [6.07, 6.45) is 6.92. The summed E-state index contributed by atoms with van der Waals surface area (Å²) in [5, 5.41) is 0.734. The van der Waals surface area contributed by atoms with Crippen LogP contribution in [0.2, 0.25) is 5.02 Å². The molecule has 0 saturated carbocycles. The highest BCUT2D eigenvalue weighted by atomic mass is 35.5. The maximum Gasteiger partial charge on any atom is 0.122 e. The predicted molar refractivity (Wildman–Crippen MR) is 81.6 cm³/mol. The zero-order chi connectivity index (χ0) is 14.1. The van der Waals surface area contributed by atoms with Gasteiger partial charge in [0.1, 0.15) is 5.75 Å². The number of nitrogens with two attached hydrogens (primary N) is 1. The lowest BCUT2D eigenvalue weighted by molar-refractivity contribution is 0.401. The van der Waals surface area contributed by atoms with Gasteiger partial charge in [0.05, 0.1) is 7.11 Å². The second-order valence-corrected chi connectivity index (χ2v) is 5.31. The third kappa shape index (κ3) is 5.81. The molecule has 0 aromatic heterocycles. The molecule has 0 spiro atoms. The Hall–Kier alpha value is -0.770. The monoisotopic (exact) mass is 284 g/mol. The Kier molecular flexibility index (Phi) is 7.87. The fourth-order valence-electron chi connectivity index (χ4n) is 2.23. The van der Waals surface area contributed by atoms with Gasteiger partial charge < -0.3 is 4.74 Å². The lowest BCUT2D eigenvalue weighted by Gasteiger charge is -2.17. The number of hydrogen-bond donors (Lipinski definition) is 2. The highest BCUT2D eigenvalue weighted by Gasteiger charge is 2.11. The molecular formula is C15H25ClN2O. The first-order valence-electron chi connectivity index (χ1n) is 6.99. The van der Waals surface area contributed by atoms with Gasteiger partial charge in [-0.3, -0.25) is 11.3 Å². The Balaban J connectivity index is 2.56. The quantitative estimate of drug-likeness (QED) is 0.413. The number of ether oxygens (including phenoxy) is 1. The van der Waals surface area contributed by atoms with Gasteiger partial charge in [-0.1, -0.05) is 44.2 Å². The fraction of sp³-hybridized carbons (Fsp3) is 0.600. The zero-order valence-electron chi connectivity index (χ0n) is 11.9. The van der Waals surface area contributed by atoms with Gasteiger partial charge in [0, 0.05) is 11.1 Å². The van der Waals surface area contributed by atoms with Gasteiger partial charge in [-0.2, -0.15) is 0 Å². The Morgan fingerprint density at radius 2 is 2.11 bits per heavy atom. The van der Waals surface area contributed by atoms with E-state index in [1.807, 2.05) is 18.2 Å². The summed E-state index contributed by atoms with van der Waals surface area (Å²) in [6.45, 7) is 2.22. The van der Waals surface area contributed by atoms with Crippen molar-refractivity contribution in [3.05, 3.63) is 28.8 Å². The van der Waals surface area contributed by atoms with Crippen molar-refractivity contribution in [2.24, 2.45) is 5.84 Å². The Labute approximate surface area is 121 Å². The van der Waals surface area contributed by atoms with Gasteiger partial charge in [0.15, 0.2) is 0 Å². The summed E-state index contributed by atoms with van der Waals surface area (Å²) in [7, 11) is 1.68. The molecule has 3 nitrogen and oxygen atoms in total. The molecule has 1 unspecified atom stereocenters. The van der Waals surface area contributed by atoms with Gasteiger partial charge in [-0.15, -0.1) is 0 Å². The highest BCUT2D eigenvalue weighted by molar-refractivity contribution is 6.30. The van der Waals surface area contributed by atoms with Crippen molar-refractivity contribution in [3.8, 4) is 5.75 Å². The van der Waals surface area contributed by atoms with Crippen molar-refractivity contribution in [2.75, 3.05) is 7.11 Å². The van der Waals surface area contributed by atoms with E-state index in [1.54, 1.807) is 7.11 Å². The first-order chi connectivity index (χ1) is 9.21. The van der Waals surface area contributed by atoms with Crippen LogP contribution in [-0.2, 0) is 6.42 Å². The normalized spacial score (nSPS) is 12.4. The van der Waals surface area contributed by atoms with Crippen LogP contribution < -0.4 is 16.0 Å². The number of benzene rings is 1. The number of unbranched alkanes of at least 4 members (excludes halogenated alkanes) is 3. The van der Waals surface area contributed by atoms with Crippen molar-refractivity contribution in [1.29, 1.82) is 0 Å². The predicted octanol–water partition coefficient (Wildman–Crippen LogP) is 3.69. The number of hydrazine groups is 1. The second-order valence-electron chi connectivity index (χ2n) is 4.87. The Bertz CT molecular complexity index is 371. The van der Waals surface area contributed by atoms with Crippen LogP contribution in [0.3, 0.4) is 0 Å². The van der Waals surface area contributed by atoms with Gasteiger partial charge in [0.2, 0.25) is 0 Å². The maximum atomic E-state index is 6.04. The molecule has 0 fully saturated rings. The van der Waals surface area contributed by atoms with E-state index < -0.39 is 0 Å². The summed E-state index contributed by atoms with van der Waals surface area (Å²) in [5.74, 6) is 6.51. The lowest BCUT2D eigenvalue weighted by Crippen LogP contribution is -2.36. The van der Waals surface area contributed by atoms with E-state index in [4.69, 9.17) is 22.2 Å². The van der Waals surface area contributed by atoms with E-state index in [0.29, 0.717) is 0 Å². The van der Waals surface area contributed by atoms with E-state index in [0.717, 1.165) is 29.2 Å². The molecule has 1 atom stereocenters. The molecule has 3 N–H and O–H groups in total. The Morgan fingerprint density at radius 3 is 2.74 bits per heavy atom. The van der Waals surface area contributed by atoms with Crippen LogP contribution in [0.25, 0.3) is 0 Å². The van der Waals surface area contributed by atoms with Crippen molar-refractivity contribution in [2.45, 2.75) is 51.5 Å². The summed E-state index contributed by atoms with van der Waals surface area (Å²) in [5.41, 5.74) is 4.00. The van der Waals surface area contributed by atoms with Gasteiger partial charge in [0.25, 0.3) is 0 Å². The zero-order valence-corrected chi connectivity index (χ0v) is 12.7. The minimum Gasteiger partial charge on any atom is -0.496 e. The van der Waals surface area contributed by atoms with Crippen LogP contribution in [0.4, 0.5) is 0 Å².